The summed E-state index contributed by atoms with van der Waals surface area (Å²) in [6, 6.07) is 0. The minimum Gasteiger partial charge on any atom is -0.272 e. The van der Waals surface area contributed by atoms with Crippen LogP contribution in [-0.4, -0.2) is 6.72 Å². The predicted octanol–water partition coefficient (Wildman–Crippen LogP) is 3.67. The Hall–Kier alpha value is -1.37. The van der Waals surface area contributed by atoms with Crippen LogP contribution in [0.1, 0.15) is 19.8 Å². The molecule has 0 amide bonds. The molecule has 0 bridgehead atoms. The van der Waals surface area contributed by atoms with Crippen molar-refractivity contribution in [2.75, 3.05) is 0 Å². The van der Waals surface area contributed by atoms with Gasteiger partial charge < -0.3 is 0 Å². The molecule has 0 radical (unpaired) electrons. The van der Waals surface area contributed by atoms with Crippen LogP contribution in [0.15, 0.2) is 53.7 Å². The van der Waals surface area contributed by atoms with Crippen LogP contribution < -0.4 is 0 Å². The van der Waals surface area contributed by atoms with E-state index in [1.807, 2.05) is 6.08 Å². The van der Waals surface area contributed by atoms with Gasteiger partial charge in [0.25, 0.3) is 0 Å². The van der Waals surface area contributed by atoms with Gasteiger partial charge in [0.2, 0.25) is 0 Å². The first-order valence-corrected chi connectivity index (χ1v) is 4.41. The average Bonchev–Trinajstić information content (AvgIpc) is 2.17. The molecule has 0 aromatic carbocycles. The summed E-state index contributed by atoms with van der Waals surface area (Å²) in [6.07, 6.45) is 9.57. The fourth-order valence-electron chi connectivity index (χ4n) is 0.962. The zero-order chi connectivity index (χ0) is 10.1. The topological polar surface area (TPSA) is 12.4 Å². The van der Waals surface area contributed by atoms with Crippen molar-refractivity contribution in [3.63, 3.8) is 0 Å². The summed E-state index contributed by atoms with van der Waals surface area (Å²) in [5.41, 5.74) is 2.04. The number of aliphatic imine (C=N–C) groups is 1. The summed E-state index contributed by atoms with van der Waals surface area (Å²) in [4.78, 5) is 3.71. The second kappa shape index (κ2) is 7.29. The Morgan fingerprint density at radius 1 is 1.23 bits per heavy atom. The molecule has 0 N–H and O–H groups in total. The van der Waals surface area contributed by atoms with E-state index in [1.165, 1.54) is 0 Å². The van der Waals surface area contributed by atoms with Crippen LogP contribution in [0.25, 0.3) is 0 Å². The number of hydrogen-bond donors (Lipinski definition) is 0. The molecule has 0 saturated carbocycles. The van der Waals surface area contributed by atoms with E-state index >= 15 is 0 Å². The van der Waals surface area contributed by atoms with Crippen molar-refractivity contribution in [2.45, 2.75) is 19.8 Å². The first kappa shape index (κ1) is 11.6. The van der Waals surface area contributed by atoms with Gasteiger partial charge in [-0.05, 0) is 24.3 Å². The van der Waals surface area contributed by atoms with Crippen molar-refractivity contribution in [1.82, 2.24) is 0 Å². The summed E-state index contributed by atoms with van der Waals surface area (Å²) >= 11 is 0. The zero-order valence-corrected chi connectivity index (χ0v) is 8.29. The number of rotatable bonds is 6. The van der Waals surface area contributed by atoms with E-state index in [1.54, 1.807) is 12.3 Å². The average molecular weight is 175 g/mol. The lowest BCUT2D eigenvalue weighted by molar-refractivity contribution is 0.954. The Morgan fingerprint density at radius 2 is 1.85 bits per heavy atom. The van der Waals surface area contributed by atoms with Crippen LogP contribution in [0.4, 0.5) is 0 Å². The largest absolute Gasteiger partial charge is 0.272 e. The molecule has 0 aliphatic rings. The monoisotopic (exact) mass is 175 g/mol. The van der Waals surface area contributed by atoms with E-state index in [9.17, 15) is 0 Å². The Balaban J connectivity index is 4.71. The maximum absolute atomic E-state index is 3.75. The van der Waals surface area contributed by atoms with Crippen molar-refractivity contribution in [1.29, 1.82) is 0 Å². The first-order valence-electron chi connectivity index (χ1n) is 4.41. The van der Waals surface area contributed by atoms with Crippen molar-refractivity contribution < 1.29 is 0 Å². The quantitative estimate of drug-likeness (QED) is 0.431. The normalized spacial score (nSPS) is 12.4. The summed E-state index contributed by atoms with van der Waals surface area (Å²) in [6.45, 7) is 13.0. The van der Waals surface area contributed by atoms with Gasteiger partial charge in [0.15, 0.2) is 0 Å². The van der Waals surface area contributed by atoms with Gasteiger partial charge in [-0.2, -0.15) is 0 Å². The summed E-state index contributed by atoms with van der Waals surface area (Å²) < 4.78 is 0. The third-order valence-corrected chi connectivity index (χ3v) is 1.66. The standard InChI is InChI=1S/C12H17N/c1-5-8-9-11(6-2)12(7-3)10-13-4/h6-7,9-10H,2-5,8H2,1H3/b11-9+,12-10+. The molecule has 0 rings (SSSR count). The van der Waals surface area contributed by atoms with Crippen LogP contribution in [0.2, 0.25) is 0 Å². The zero-order valence-electron chi connectivity index (χ0n) is 8.29. The predicted molar refractivity (Wildman–Crippen MR) is 61.0 cm³/mol. The van der Waals surface area contributed by atoms with Gasteiger partial charge in [-0.25, -0.2) is 0 Å². The molecule has 0 aliphatic carbocycles. The van der Waals surface area contributed by atoms with Crippen molar-refractivity contribution in [3.8, 4) is 0 Å². The molecule has 0 aromatic heterocycles. The summed E-state index contributed by atoms with van der Waals surface area (Å²) in [5, 5.41) is 0. The van der Waals surface area contributed by atoms with Gasteiger partial charge in [-0.3, -0.25) is 4.99 Å². The molecule has 0 atom stereocenters. The molecule has 0 heterocycles. The molecule has 0 unspecified atom stereocenters. The van der Waals surface area contributed by atoms with Gasteiger partial charge in [0, 0.05) is 6.20 Å². The minimum absolute atomic E-state index is 0.971. The Morgan fingerprint density at radius 3 is 2.23 bits per heavy atom. The molecule has 0 fully saturated rings. The van der Waals surface area contributed by atoms with Crippen LogP contribution in [0.3, 0.4) is 0 Å². The maximum Gasteiger partial charge on any atom is 0.0338 e. The number of nitrogens with zero attached hydrogens (tertiary/aromatic N) is 1. The number of allylic oxidation sites excluding steroid dienone is 5. The Labute approximate surface area is 80.9 Å². The molecule has 1 heteroatoms. The van der Waals surface area contributed by atoms with Crippen LogP contribution in [0, 0.1) is 0 Å². The molecule has 0 saturated heterocycles. The lowest BCUT2D eigenvalue weighted by Crippen LogP contribution is -1.82. The first-order chi connectivity index (χ1) is 6.29. The van der Waals surface area contributed by atoms with Crippen molar-refractivity contribution >= 4 is 6.72 Å². The molecule has 13 heavy (non-hydrogen) atoms. The summed E-state index contributed by atoms with van der Waals surface area (Å²) in [7, 11) is 0. The molecule has 1 nitrogen and oxygen atoms in total. The molecular formula is C12H17N. The van der Waals surface area contributed by atoms with Crippen molar-refractivity contribution in [2.24, 2.45) is 4.99 Å². The van der Waals surface area contributed by atoms with Crippen LogP contribution in [0.5, 0.6) is 0 Å². The fourth-order valence-corrected chi connectivity index (χ4v) is 0.962. The molecular weight excluding hydrogens is 158 g/mol. The number of unbranched alkanes of at least 4 members (excludes halogenated alkanes) is 1. The third-order valence-electron chi connectivity index (χ3n) is 1.66. The molecule has 0 spiro atoms. The Kier molecular flexibility index (Phi) is 6.52. The van der Waals surface area contributed by atoms with Gasteiger partial charge >= 0.3 is 0 Å². The van der Waals surface area contributed by atoms with Gasteiger partial charge in [0.1, 0.15) is 0 Å². The highest BCUT2D eigenvalue weighted by molar-refractivity contribution is 5.45. The van der Waals surface area contributed by atoms with Crippen LogP contribution >= 0.6 is 0 Å². The second-order valence-electron chi connectivity index (χ2n) is 2.62. The maximum atomic E-state index is 3.75. The lowest BCUT2D eigenvalue weighted by atomic mass is 10.1. The van der Waals surface area contributed by atoms with Gasteiger partial charge in [-0.1, -0.05) is 44.7 Å². The van der Waals surface area contributed by atoms with Gasteiger partial charge in [0.05, 0.1) is 0 Å². The second-order valence-corrected chi connectivity index (χ2v) is 2.62. The fraction of sp³-hybridized carbons (Fsp3) is 0.250. The molecule has 0 aromatic rings. The van der Waals surface area contributed by atoms with E-state index in [0.29, 0.717) is 0 Å². The SMILES string of the molecule is C=CC(=C\CCC)/C(C=C)=C/N=C. The van der Waals surface area contributed by atoms with E-state index in [2.05, 4.69) is 37.9 Å². The van der Waals surface area contributed by atoms with E-state index in [0.717, 1.165) is 24.0 Å². The highest BCUT2D eigenvalue weighted by Crippen LogP contribution is 2.13. The van der Waals surface area contributed by atoms with Crippen LogP contribution in [-0.2, 0) is 0 Å². The van der Waals surface area contributed by atoms with E-state index in [4.69, 9.17) is 0 Å². The van der Waals surface area contributed by atoms with Crippen molar-refractivity contribution in [3.05, 3.63) is 48.7 Å². The summed E-state index contributed by atoms with van der Waals surface area (Å²) in [5.74, 6) is 0. The molecule has 70 valence electrons. The smallest absolute Gasteiger partial charge is 0.0338 e. The number of hydrogen-bond acceptors (Lipinski definition) is 1. The molecule has 0 aliphatic heterocycles. The minimum atomic E-state index is 0.971. The lowest BCUT2D eigenvalue weighted by Gasteiger charge is -2.01. The highest BCUT2D eigenvalue weighted by atomic mass is 14.6. The van der Waals surface area contributed by atoms with E-state index in [-0.39, 0.29) is 0 Å². The van der Waals surface area contributed by atoms with E-state index < -0.39 is 0 Å². The Bertz CT molecular complexity index is 244. The van der Waals surface area contributed by atoms with Gasteiger partial charge in [-0.15, -0.1) is 0 Å². The third kappa shape index (κ3) is 4.26. The highest BCUT2D eigenvalue weighted by Gasteiger charge is 1.94.